The van der Waals surface area contributed by atoms with Gasteiger partial charge in [-0.2, -0.15) is 0 Å². The minimum Gasteiger partial charge on any atom is -0.390 e. The van der Waals surface area contributed by atoms with Crippen LogP contribution in [0.1, 0.15) is 43.1 Å². The molecule has 1 aromatic carbocycles. The van der Waals surface area contributed by atoms with E-state index in [0.717, 1.165) is 23.6 Å². The van der Waals surface area contributed by atoms with E-state index in [1.807, 2.05) is 42.2 Å². The molecule has 0 aliphatic carbocycles. The number of likely N-dealkylation sites (tertiary alicyclic amines) is 1. The second-order valence-electron chi connectivity index (χ2n) is 7.63. The normalized spacial score (nSPS) is 26.1. The number of aromatic nitrogens is 1. The first-order chi connectivity index (χ1) is 12.0. The minimum atomic E-state index is -0.665. The number of fused-ring (bicyclic) bond motifs is 1. The van der Waals surface area contributed by atoms with Gasteiger partial charge in [-0.15, -0.1) is 0 Å². The first kappa shape index (κ1) is 16.5. The van der Waals surface area contributed by atoms with Crippen molar-refractivity contribution in [3.8, 4) is 0 Å². The zero-order valence-corrected chi connectivity index (χ0v) is 14.6. The third kappa shape index (κ3) is 3.14. The lowest BCUT2D eigenvalue weighted by Gasteiger charge is -2.48. The fourth-order valence-electron chi connectivity index (χ4n) is 4.20. The summed E-state index contributed by atoms with van der Waals surface area (Å²) in [5, 5.41) is 12.3. The SMILES string of the molecule is CC1(O)CCOC2(CCN(C(=O)c3nccc4ccccc34)CC2)C1. The maximum atomic E-state index is 13.0. The zero-order valence-electron chi connectivity index (χ0n) is 14.6. The molecule has 0 radical (unpaired) electrons. The molecule has 1 N–H and O–H groups in total. The standard InChI is InChI=1S/C20H24N2O3/c1-19(24)9-13-25-20(14-19)7-11-22(12-8-20)18(23)17-16-5-3-2-4-15(16)6-10-21-17/h2-6,10,24H,7-9,11-14H2,1H3. The number of aliphatic hydroxyl groups is 1. The average molecular weight is 340 g/mol. The molecule has 1 amide bonds. The van der Waals surface area contributed by atoms with Crippen LogP contribution in [0.2, 0.25) is 0 Å². The number of piperidine rings is 1. The van der Waals surface area contributed by atoms with Crippen molar-refractivity contribution in [2.45, 2.75) is 43.8 Å². The molecular formula is C20H24N2O3. The summed E-state index contributed by atoms with van der Waals surface area (Å²) in [5.74, 6) is -0.0192. The van der Waals surface area contributed by atoms with Crippen LogP contribution in [0.15, 0.2) is 36.5 Å². The number of hydrogen-bond donors (Lipinski definition) is 1. The van der Waals surface area contributed by atoms with Crippen molar-refractivity contribution in [1.29, 1.82) is 0 Å². The molecule has 1 spiro atoms. The lowest BCUT2D eigenvalue weighted by Crippen LogP contribution is -2.54. The minimum absolute atomic E-state index is 0.0192. The molecule has 1 aromatic heterocycles. The second kappa shape index (κ2) is 6.07. The highest BCUT2D eigenvalue weighted by Gasteiger charge is 2.45. The van der Waals surface area contributed by atoms with E-state index in [2.05, 4.69) is 4.98 Å². The quantitative estimate of drug-likeness (QED) is 0.867. The summed E-state index contributed by atoms with van der Waals surface area (Å²) in [6.45, 7) is 3.75. The molecule has 0 saturated carbocycles. The maximum Gasteiger partial charge on any atom is 0.273 e. The fraction of sp³-hybridized carbons (Fsp3) is 0.500. The number of pyridine rings is 1. The van der Waals surface area contributed by atoms with Gasteiger partial charge in [0.2, 0.25) is 0 Å². The van der Waals surface area contributed by atoms with Gasteiger partial charge in [0.05, 0.1) is 17.8 Å². The highest BCUT2D eigenvalue weighted by molar-refractivity contribution is 6.05. The number of carbonyl (C=O) groups is 1. The third-order valence-corrected chi connectivity index (χ3v) is 5.59. The summed E-state index contributed by atoms with van der Waals surface area (Å²) in [7, 11) is 0. The molecule has 4 rings (SSSR count). The van der Waals surface area contributed by atoms with Gasteiger partial charge in [0, 0.05) is 31.1 Å². The third-order valence-electron chi connectivity index (χ3n) is 5.59. The van der Waals surface area contributed by atoms with Crippen molar-refractivity contribution in [2.24, 2.45) is 0 Å². The van der Waals surface area contributed by atoms with Crippen molar-refractivity contribution in [2.75, 3.05) is 19.7 Å². The van der Waals surface area contributed by atoms with E-state index >= 15 is 0 Å². The Kier molecular flexibility index (Phi) is 4.01. The largest absolute Gasteiger partial charge is 0.390 e. The van der Waals surface area contributed by atoms with Crippen molar-refractivity contribution >= 4 is 16.7 Å². The van der Waals surface area contributed by atoms with Gasteiger partial charge >= 0.3 is 0 Å². The van der Waals surface area contributed by atoms with Crippen LogP contribution in [0.4, 0.5) is 0 Å². The lowest BCUT2D eigenvalue weighted by atomic mass is 9.78. The summed E-state index contributed by atoms with van der Waals surface area (Å²) in [6.07, 6.45) is 4.55. The molecule has 1 unspecified atom stereocenters. The summed E-state index contributed by atoms with van der Waals surface area (Å²) in [5.41, 5.74) is -0.433. The van der Waals surface area contributed by atoms with Gasteiger partial charge in [0.15, 0.2) is 0 Å². The molecule has 2 aliphatic heterocycles. The van der Waals surface area contributed by atoms with Crippen LogP contribution in [0, 0.1) is 0 Å². The number of carbonyl (C=O) groups excluding carboxylic acids is 1. The molecule has 132 valence electrons. The Morgan fingerprint density at radius 2 is 1.96 bits per heavy atom. The van der Waals surface area contributed by atoms with E-state index < -0.39 is 5.60 Å². The molecule has 2 saturated heterocycles. The van der Waals surface area contributed by atoms with Crippen LogP contribution in [0.5, 0.6) is 0 Å². The van der Waals surface area contributed by atoms with Crippen LogP contribution in [0.25, 0.3) is 10.8 Å². The average Bonchev–Trinajstić information content (AvgIpc) is 2.60. The van der Waals surface area contributed by atoms with Crippen LogP contribution >= 0.6 is 0 Å². The van der Waals surface area contributed by atoms with Crippen LogP contribution in [0.3, 0.4) is 0 Å². The molecule has 3 heterocycles. The lowest BCUT2D eigenvalue weighted by molar-refractivity contribution is -0.170. The summed E-state index contributed by atoms with van der Waals surface area (Å²) in [6, 6.07) is 9.77. The number of benzene rings is 1. The number of hydrogen-bond acceptors (Lipinski definition) is 4. The molecule has 2 aromatic rings. The number of ether oxygens (including phenoxy) is 1. The van der Waals surface area contributed by atoms with Gasteiger partial charge in [0.25, 0.3) is 5.91 Å². The van der Waals surface area contributed by atoms with Gasteiger partial charge in [0.1, 0.15) is 5.69 Å². The van der Waals surface area contributed by atoms with E-state index in [1.165, 1.54) is 0 Å². The molecule has 1 atom stereocenters. The van der Waals surface area contributed by atoms with Gasteiger partial charge in [-0.1, -0.05) is 24.3 Å². The van der Waals surface area contributed by atoms with E-state index in [4.69, 9.17) is 4.74 Å². The number of nitrogens with zero attached hydrogens (tertiary/aromatic N) is 2. The van der Waals surface area contributed by atoms with Gasteiger partial charge in [-0.05, 0) is 37.6 Å². The highest BCUT2D eigenvalue weighted by Crippen LogP contribution is 2.39. The monoisotopic (exact) mass is 340 g/mol. The molecule has 0 bridgehead atoms. The summed E-state index contributed by atoms with van der Waals surface area (Å²) >= 11 is 0. The van der Waals surface area contributed by atoms with E-state index in [-0.39, 0.29) is 11.5 Å². The number of amides is 1. The van der Waals surface area contributed by atoms with E-state index in [1.54, 1.807) is 6.20 Å². The van der Waals surface area contributed by atoms with Crippen molar-refractivity contribution in [3.05, 3.63) is 42.2 Å². The Bertz CT molecular complexity index is 789. The predicted molar refractivity (Wildman–Crippen MR) is 95.4 cm³/mol. The molecule has 2 fully saturated rings. The van der Waals surface area contributed by atoms with Crippen LogP contribution in [-0.2, 0) is 4.74 Å². The Labute approximate surface area is 147 Å². The fourth-order valence-corrected chi connectivity index (χ4v) is 4.20. The van der Waals surface area contributed by atoms with E-state index in [9.17, 15) is 9.90 Å². The highest BCUT2D eigenvalue weighted by atomic mass is 16.5. The van der Waals surface area contributed by atoms with Gasteiger partial charge in [-0.3, -0.25) is 9.78 Å². The smallest absolute Gasteiger partial charge is 0.273 e. The predicted octanol–water partition coefficient (Wildman–Crippen LogP) is 2.77. The maximum absolute atomic E-state index is 13.0. The molecule has 5 nitrogen and oxygen atoms in total. The first-order valence-electron chi connectivity index (χ1n) is 8.98. The van der Waals surface area contributed by atoms with Crippen molar-refractivity contribution in [1.82, 2.24) is 9.88 Å². The molecule has 5 heteroatoms. The molecule has 2 aliphatic rings. The zero-order chi connectivity index (χ0) is 17.5. The molecule has 25 heavy (non-hydrogen) atoms. The van der Waals surface area contributed by atoms with Crippen LogP contribution < -0.4 is 0 Å². The van der Waals surface area contributed by atoms with Gasteiger partial charge < -0.3 is 14.7 Å². The number of rotatable bonds is 1. The topological polar surface area (TPSA) is 62.7 Å². The first-order valence-corrected chi connectivity index (χ1v) is 8.98. The van der Waals surface area contributed by atoms with Gasteiger partial charge in [-0.25, -0.2) is 0 Å². The van der Waals surface area contributed by atoms with Crippen molar-refractivity contribution < 1.29 is 14.6 Å². The van der Waals surface area contributed by atoms with Crippen molar-refractivity contribution in [3.63, 3.8) is 0 Å². The Balaban J connectivity index is 1.52. The van der Waals surface area contributed by atoms with E-state index in [0.29, 0.717) is 38.2 Å². The summed E-state index contributed by atoms with van der Waals surface area (Å²) in [4.78, 5) is 19.2. The Morgan fingerprint density at radius 3 is 2.72 bits per heavy atom. The second-order valence-corrected chi connectivity index (χ2v) is 7.63. The molecular weight excluding hydrogens is 316 g/mol. The summed E-state index contributed by atoms with van der Waals surface area (Å²) < 4.78 is 6.03. The Hall–Kier alpha value is -1.98. The Morgan fingerprint density at radius 1 is 1.20 bits per heavy atom. The van der Waals surface area contributed by atoms with Crippen LogP contribution in [-0.4, -0.2) is 51.8 Å².